The summed E-state index contributed by atoms with van der Waals surface area (Å²) in [5.41, 5.74) is 0.714. The van der Waals surface area contributed by atoms with Gasteiger partial charge >= 0.3 is 0 Å². The van der Waals surface area contributed by atoms with Gasteiger partial charge in [0, 0.05) is 5.56 Å². The summed E-state index contributed by atoms with van der Waals surface area (Å²) in [6.07, 6.45) is 2.26. The fourth-order valence-corrected chi connectivity index (χ4v) is 1.55. The number of phenols is 1. The smallest absolute Gasteiger partial charge is 0.231 e. The highest BCUT2D eigenvalue weighted by atomic mass is 16.7. The quantitative estimate of drug-likeness (QED) is 0.770. The summed E-state index contributed by atoms with van der Waals surface area (Å²) < 4.78 is 15.5. The van der Waals surface area contributed by atoms with Crippen LogP contribution in [0.2, 0.25) is 0 Å². The van der Waals surface area contributed by atoms with Gasteiger partial charge < -0.3 is 19.3 Å². The van der Waals surface area contributed by atoms with Gasteiger partial charge in [0.15, 0.2) is 11.5 Å². The van der Waals surface area contributed by atoms with Crippen molar-refractivity contribution in [3.05, 3.63) is 24.3 Å². The van der Waals surface area contributed by atoms with E-state index in [1.54, 1.807) is 12.1 Å². The average Bonchev–Trinajstić information content (AvgIpc) is 2.67. The van der Waals surface area contributed by atoms with E-state index in [4.69, 9.17) is 14.2 Å². The molecule has 0 fully saturated rings. The minimum Gasteiger partial charge on any atom is -0.504 e. The second-order valence-electron chi connectivity index (χ2n) is 3.14. The third-order valence-corrected chi connectivity index (χ3v) is 2.24. The number of rotatable bonds is 3. The summed E-state index contributed by atoms with van der Waals surface area (Å²) in [7, 11) is 1.48. The van der Waals surface area contributed by atoms with E-state index in [-0.39, 0.29) is 12.5 Å². The third kappa shape index (κ3) is 1.48. The Morgan fingerprint density at radius 1 is 1.60 bits per heavy atom. The molecule has 2 rings (SSSR count). The van der Waals surface area contributed by atoms with E-state index in [1.165, 1.54) is 7.11 Å². The Morgan fingerprint density at radius 3 is 3.07 bits per heavy atom. The minimum atomic E-state index is 0.0849. The monoisotopic (exact) mass is 208 g/mol. The first-order valence-electron chi connectivity index (χ1n) is 4.57. The Bertz CT molecular complexity index is 398. The molecule has 1 aromatic rings. The molecule has 15 heavy (non-hydrogen) atoms. The number of hydrogen-bond donors (Lipinski definition) is 1. The van der Waals surface area contributed by atoms with Crippen molar-refractivity contribution < 1.29 is 19.3 Å². The normalized spacial score (nSPS) is 12.6. The summed E-state index contributed by atoms with van der Waals surface area (Å²) in [5.74, 6) is 1.47. The number of allylic oxidation sites excluding steroid dienone is 1. The second-order valence-corrected chi connectivity index (χ2v) is 3.14. The number of benzene rings is 1. The van der Waals surface area contributed by atoms with Gasteiger partial charge in [0.2, 0.25) is 18.3 Å². The first kappa shape index (κ1) is 9.71. The van der Waals surface area contributed by atoms with Gasteiger partial charge in [0.1, 0.15) is 0 Å². The number of methoxy groups -OCH3 is 1. The zero-order chi connectivity index (χ0) is 10.8. The van der Waals surface area contributed by atoms with Crippen LogP contribution < -0.4 is 14.2 Å². The van der Waals surface area contributed by atoms with E-state index in [1.807, 2.05) is 0 Å². The lowest BCUT2D eigenvalue weighted by Crippen LogP contribution is -1.94. The van der Waals surface area contributed by atoms with Crippen LogP contribution in [0.1, 0.15) is 5.56 Å². The number of ether oxygens (including phenoxy) is 3. The number of hydrogen-bond acceptors (Lipinski definition) is 4. The molecule has 0 radical (unpaired) electrons. The van der Waals surface area contributed by atoms with Crippen LogP contribution in [0, 0.1) is 0 Å². The molecule has 0 aliphatic carbocycles. The highest BCUT2D eigenvalue weighted by Crippen LogP contribution is 2.48. The van der Waals surface area contributed by atoms with Crippen molar-refractivity contribution in [2.24, 2.45) is 0 Å². The molecular formula is C11H12O4. The Kier molecular flexibility index (Phi) is 2.41. The van der Waals surface area contributed by atoms with Gasteiger partial charge in [-0.3, -0.25) is 0 Å². The molecule has 1 aliphatic heterocycles. The van der Waals surface area contributed by atoms with Gasteiger partial charge in [-0.1, -0.05) is 6.08 Å². The van der Waals surface area contributed by atoms with E-state index in [0.717, 1.165) is 0 Å². The summed E-state index contributed by atoms with van der Waals surface area (Å²) in [4.78, 5) is 0. The zero-order valence-corrected chi connectivity index (χ0v) is 8.45. The molecule has 0 atom stereocenters. The summed E-state index contributed by atoms with van der Waals surface area (Å²) in [6.45, 7) is 3.78. The molecule has 1 aliphatic rings. The SMILES string of the molecule is C=CCc1cc2c(c(OC)c1O)OCO2. The predicted octanol–water partition coefficient (Wildman–Crippen LogP) is 1.86. The topological polar surface area (TPSA) is 47.9 Å². The third-order valence-electron chi connectivity index (χ3n) is 2.24. The lowest BCUT2D eigenvalue weighted by Gasteiger charge is -2.10. The Morgan fingerprint density at radius 2 is 2.40 bits per heavy atom. The Hall–Kier alpha value is -1.84. The fourth-order valence-electron chi connectivity index (χ4n) is 1.55. The summed E-state index contributed by atoms with van der Waals surface area (Å²) in [5, 5.41) is 9.88. The Labute approximate surface area is 87.7 Å². The van der Waals surface area contributed by atoms with Gasteiger partial charge in [0.25, 0.3) is 0 Å². The van der Waals surface area contributed by atoms with Crippen LogP contribution in [0.5, 0.6) is 23.0 Å². The van der Waals surface area contributed by atoms with Crippen LogP contribution in [0.25, 0.3) is 0 Å². The number of phenolic OH excluding ortho intramolecular Hbond substituents is 1. The molecule has 1 N–H and O–H groups in total. The maximum Gasteiger partial charge on any atom is 0.231 e. The van der Waals surface area contributed by atoms with Crippen molar-refractivity contribution in [1.29, 1.82) is 0 Å². The number of aromatic hydroxyl groups is 1. The van der Waals surface area contributed by atoms with Gasteiger partial charge in [0.05, 0.1) is 7.11 Å². The van der Waals surface area contributed by atoms with Crippen LogP contribution in [-0.4, -0.2) is 19.0 Å². The summed E-state index contributed by atoms with van der Waals surface area (Å²) >= 11 is 0. The van der Waals surface area contributed by atoms with E-state index in [2.05, 4.69) is 6.58 Å². The Balaban J connectivity index is 2.56. The van der Waals surface area contributed by atoms with Gasteiger partial charge in [-0.05, 0) is 12.5 Å². The van der Waals surface area contributed by atoms with Crippen LogP contribution >= 0.6 is 0 Å². The molecule has 0 spiro atoms. The van der Waals surface area contributed by atoms with E-state index < -0.39 is 0 Å². The lowest BCUT2D eigenvalue weighted by molar-refractivity contribution is 0.171. The van der Waals surface area contributed by atoms with Crippen LogP contribution in [0.4, 0.5) is 0 Å². The molecular weight excluding hydrogens is 196 g/mol. The first-order valence-corrected chi connectivity index (χ1v) is 4.57. The molecule has 0 saturated carbocycles. The van der Waals surface area contributed by atoms with Gasteiger partial charge in [-0.2, -0.15) is 0 Å². The molecule has 1 aromatic carbocycles. The maximum absolute atomic E-state index is 9.88. The van der Waals surface area contributed by atoms with Crippen LogP contribution in [-0.2, 0) is 6.42 Å². The molecule has 0 unspecified atom stereocenters. The second kappa shape index (κ2) is 3.73. The van der Waals surface area contributed by atoms with E-state index in [0.29, 0.717) is 29.2 Å². The van der Waals surface area contributed by atoms with Crippen molar-refractivity contribution in [2.75, 3.05) is 13.9 Å². The first-order chi connectivity index (χ1) is 7.27. The summed E-state index contributed by atoms with van der Waals surface area (Å²) in [6, 6.07) is 1.74. The van der Waals surface area contributed by atoms with Crippen LogP contribution in [0.3, 0.4) is 0 Å². The van der Waals surface area contributed by atoms with Crippen LogP contribution in [0.15, 0.2) is 18.7 Å². The van der Waals surface area contributed by atoms with Gasteiger partial charge in [-0.15, -0.1) is 6.58 Å². The van der Waals surface area contributed by atoms with Crippen molar-refractivity contribution in [1.82, 2.24) is 0 Å². The molecule has 0 saturated heterocycles. The standard InChI is InChI=1S/C11H12O4/c1-3-4-7-5-8-10(15-6-14-8)11(13-2)9(7)12/h3,5,12H,1,4,6H2,2H3. The van der Waals surface area contributed by atoms with E-state index >= 15 is 0 Å². The van der Waals surface area contributed by atoms with Crippen molar-refractivity contribution in [3.63, 3.8) is 0 Å². The van der Waals surface area contributed by atoms with E-state index in [9.17, 15) is 5.11 Å². The minimum absolute atomic E-state index is 0.0849. The van der Waals surface area contributed by atoms with Crippen molar-refractivity contribution in [2.45, 2.75) is 6.42 Å². The van der Waals surface area contributed by atoms with Crippen molar-refractivity contribution >= 4 is 0 Å². The molecule has 4 heteroatoms. The number of fused-ring (bicyclic) bond motifs is 1. The highest BCUT2D eigenvalue weighted by Gasteiger charge is 2.24. The largest absolute Gasteiger partial charge is 0.504 e. The average molecular weight is 208 g/mol. The zero-order valence-electron chi connectivity index (χ0n) is 8.45. The fraction of sp³-hybridized carbons (Fsp3) is 0.273. The lowest BCUT2D eigenvalue weighted by atomic mass is 10.1. The molecule has 0 bridgehead atoms. The molecule has 0 aromatic heterocycles. The van der Waals surface area contributed by atoms with Gasteiger partial charge in [-0.25, -0.2) is 0 Å². The maximum atomic E-state index is 9.88. The molecule has 4 nitrogen and oxygen atoms in total. The molecule has 1 heterocycles. The molecule has 0 amide bonds. The van der Waals surface area contributed by atoms with Crippen molar-refractivity contribution in [3.8, 4) is 23.0 Å². The predicted molar refractivity (Wildman–Crippen MR) is 54.7 cm³/mol. The highest BCUT2D eigenvalue weighted by molar-refractivity contribution is 5.63. The molecule has 80 valence electrons.